The van der Waals surface area contributed by atoms with E-state index in [1.54, 1.807) is 0 Å². The fourth-order valence-electron chi connectivity index (χ4n) is 2.71. The van der Waals surface area contributed by atoms with E-state index in [0.717, 1.165) is 22.8 Å². The van der Waals surface area contributed by atoms with E-state index < -0.39 is 47.3 Å². The van der Waals surface area contributed by atoms with Crippen molar-refractivity contribution in [3.8, 4) is 5.69 Å². The zero-order valence-corrected chi connectivity index (χ0v) is 11.9. The smallest absolute Gasteiger partial charge is 0.382 e. The Balaban J connectivity index is 2.27. The number of alkyl halides is 5. The molecule has 2 nitrogen and oxygen atoms in total. The Morgan fingerprint density at radius 2 is 1.87 bits per heavy atom. The van der Waals surface area contributed by atoms with Gasteiger partial charge < -0.3 is 9.67 Å². The first-order valence-corrected chi connectivity index (χ1v) is 6.72. The lowest BCUT2D eigenvalue weighted by atomic mass is 10.1. The van der Waals surface area contributed by atoms with Crippen LogP contribution in [0, 0.1) is 5.82 Å². The number of hydrogen-bond donors (Lipinski definition) is 1. The summed E-state index contributed by atoms with van der Waals surface area (Å²) in [5.74, 6) is -4.56. The predicted octanol–water partition coefficient (Wildman–Crippen LogP) is 4.51. The standard InChI is InChI=1S/C14H8ClF6NO/c15-6-1-7(16)3-8(2-6)22-5-9(14(19,20)21)11-10(22)4-13(17,18)12(11)23/h1-3,5,12,23H,4H2. The van der Waals surface area contributed by atoms with E-state index in [1.165, 1.54) is 0 Å². The van der Waals surface area contributed by atoms with Gasteiger partial charge in [0, 0.05) is 28.2 Å². The number of benzene rings is 1. The van der Waals surface area contributed by atoms with E-state index >= 15 is 0 Å². The number of rotatable bonds is 1. The number of nitrogens with zero attached hydrogens (tertiary/aromatic N) is 1. The van der Waals surface area contributed by atoms with Gasteiger partial charge in [-0.05, 0) is 18.2 Å². The topological polar surface area (TPSA) is 25.2 Å². The first-order chi connectivity index (χ1) is 10.5. The Hall–Kier alpha value is -1.67. The van der Waals surface area contributed by atoms with Crippen LogP contribution in [-0.4, -0.2) is 15.6 Å². The van der Waals surface area contributed by atoms with Crippen LogP contribution in [0.1, 0.15) is 22.9 Å². The maximum atomic E-state index is 13.7. The second-order valence-electron chi connectivity index (χ2n) is 5.24. The van der Waals surface area contributed by atoms with Crippen molar-refractivity contribution in [3.63, 3.8) is 0 Å². The van der Waals surface area contributed by atoms with Crippen molar-refractivity contribution in [1.82, 2.24) is 4.57 Å². The molecule has 1 aliphatic carbocycles. The second-order valence-corrected chi connectivity index (χ2v) is 5.68. The molecule has 0 fully saturated rings. The number of halogens is 7. The predicted molar refractivity (Wildman–Crippen MR) is 69.3 cm³/mol. The first-order valence-electron chi connectivity index (χ1n) is 6.34. The zero-order chi connectivity index (χ0) is 17.2. The fraction of sp³-hybridized carbons (Fsp3) is 0.286. The molecular weight excluding hydrogens is 348 g/mol. The average Bonchev–Trinajstić information content (AvgIpc) is 2.84. The van der Waals surface area contributed by atoms with Crippen molar-refractivity contribution in [2.45, 2.75) is 24.6 Å². The molecule has 1 aromatic carbocycles. The van der Waals surface area contributed by atoms with Gasteiger partial charge in [0.05, 0.1) is 12.0 Å². The zero-order valence-electron chi connectivity index (χ0n) is 11.1. The van der Waals surface area contributed by atoms with Crippen LogP contribution < -0.4 is 0 Å². The van der Waals surface area contributed by atoms with Gasteiger partial charge in [-0.3, -0.25) is 0 Å². The summed E-state index contributed by atoms with van der Waals surface area (Å²) in [4.78, 5) is 0. The van der Waals surface area contributed by atoms with Gasteiger partial charge >= 0.3 is 6.18 Å². The molecule has 3 rings (SSSR count). The Bertz CT molecular complexity index is 762. The first kappa shape index (κ1) is 16.2. The molecule has 9 heteroatoms. The lowest BCUT2D eigenvalue weighted by Gasteiger charge is -2.16. The van der Waals surface area contributed by atoms with Gasteiger partial charge in [0.2, 0.25) is 0 Å². The maximum absolute atomic E-state index is 13.7. The van der Waals surface area contributed by atoms with Crippen molar-refractivity contribution in [2.24, 2.45) is 0 Å². The minimum Gasteiger partial charge on any atom is -0.382 e. The van der Waals surface area contributed by atoms with Crippen LogP contribution in [0.5, 0.6) is 0 Å². The van der Waals surface area contributed by atoms with Gasteiger partial charge in [-0.1, -0.05) is 11.6 Å². The molecule has 2 aromatic rings. The van der Waals surface area contributed by atoms with Gasteiger partial charge in [0.15, 0.2) is 0 Å². The van der Waals surface area contributed by atoms with E-state index in [1.807, 2.05) is 0 Å². The van der Waals surface area contributed by atoms with Crippen LogP contribution in [0.4, 0.5) is 26.3 Å². The largest absolute Gasteiger partial charge is 0.418 e. The Morgan fingerprint density at radius 3 is 2.43 bits per heavy atom. The molecule has 0 bridgehead atoms. The second kappa shape index (κ2) is 4.91. The van der Waals surface area contributed by atoms with E-state index in [9.17, 15) is 31.4 Å². The number of aliphatic hydroxyl groups is 1. The third kappa shape index (κ3) is 2.59. The maximum Gasteiger partial charge on any atom is 0.418 e. The van der Waals surface area contributed by atoms with Crippen LogP contribution in [0.3, 0.4) is 0 Å². The molecule has 0 spiro atoms. The van der Waals surface area contributed by atoms with Gasteiger partial charge in [0.25, 0.3) is 5.92 Å². The van der Waals surface area contributed by atoms with Gasteiger partial charge in [-0.2, -0.15) is 13.2 Å². The highest BCUT2D eigenvalue weighted by molar-refractivity contribution is 6.30. The summed E-state index contributed by atoms with van der Waals surface area (Å²) < 4.78 is 80.8. The van der Waals surface area contributed by atoms with Gasteiger partial charge in [-0.25, -0.2) is 13.2 Å². The normalized spacial score (nSPS) is 19.9. The Morgan fingerprint density at radius 1 is 1.22 bits per heavy atom. The summed E-state index contributed by atoms with van der Waals surface area (Å²) in [6.07, 6.45) is -8.03. The highest BCUT2D eigenvalue weighted by atomic mass is 35.5. The third-order valence-corrected chi connectivity index (χ3v) is 3.88. The quantitative estimate of drug-likeness (QED) is 0.748. The molecule has 1 unspecified atom stereocenters. The summed E-state index contributed by atoms with van der Waals surface area (Å²) in [5.41, 5.74) is -2.82. The summed E-state index contributed by atoms with van der Waals surface area (Å²) in [7, 11) is 0. The minimum atomic E-state index is -4.94. The van der Waals surface area contributed by atoms with E-state index in [4.69, 9.17) is 11.6 Å². The van der Waals surface area contributed by atoms with E-state index in [0.29, 0.717) is 6.20 Å². The van der Waals surface area contributed by atoms with E-state index in [2.05, 4.69) is 0 Å². The minimum absolute atomic E-state index is 0.0960. The van der Waals surface area contributed by atoms with E-state index in [-0.39, 0.29) is 10.7 Å². The van der Waals surface area contributed by atoms with Crippen molar-refractivity contribution >= 4 is 11.6 Å². The highest BCUT2D eigenvalue weighted by Gasteiger charge is 2.53. The van der Waals surface area contributed by atoms with Crippen LogP contribution in [0.2, 0.25) is 5.02 Å². The molecule has 1 N–H and O–H groups in total. The molecule has 124 valence electrons. The fourth-order valence-corrected chi connectivity index (χ4v) is 2.93. The highest BCUT2D eigenvalue weighted by Crippen LogP contribution is 2.49. The molecular formula is C14H8ClF6NO. The van der Waals surface area contributed by atoms with Crippen molar-refractivity contribution < 1.29 is 31.4 Å². The van der Waals surface area contributed by atoms with Gasteiger partial charge in [0.1, 0.15) is 11.9 Å². The summed E-state index contributed by atoms with van der Waals surface area (Å²) >= 11 is 5.66. The molecule has 1 heterocycles. The van der Waals surface area contributed by atoms with Crippen molar-refractivity contribution in [1.29, 1.82) is 0 Å². The van der Waals surface area contributed by atoms with Gasteiger partial charge in [-0.15, -0.1) is 0 Å². The summed E-state index contributed by atoms with van der Waals surface area (Å²) in [6, 6.07) is 2.95. The lowest BCUT2D eigenvalue weighted by Crippen LogP contribution is -2.23. The molecule has 0 saturated heterocycles. The molecule has 1 aromatic heterocycles. The molecule has 0 aliphatic heterocycles. The lowest BCUT2D eigenvalue weighted by molar-refractivity contribution is -0.142. The molecule has 0 saturated carbocycles. The number of fused-ring (bicyclic) bond motifs is 1. The van der Waals surface area contributed by atoms with Crippen molar-refractivity contribution in [2.75, 3.05) is 0 Å². The number of aliphatic hydroxyl groups excluding tert-OH is 1. The Kier molecular flexibility index (Phi) is 3.46. The van der Waals surface area contributed by atoms with Crippen LogP contribution in [0.25, 0.3) is 5.69 Å². The molecule has 1 aliphatic rings. The van der Waals surface area contributed by atoms with Crippen LogP contribution >= 0.6 is 11.6 Å². The SMILES string of the molecule is OC1c2c(C(F)(F)F)cn(-c3cc(F)cc(Cl)c3)c2CC1(F)F. The Labute approximate surface area is 130 Å². The van der Waals surface area contributed by atoms with Crippen molar-refractivity contribution in [3.05, 3.63) is 52.1 Å². The molecule has 0 radical (unpaired) electrons. The van der Waals surface area contributed by atoms with Crippen LogP contribution in [0.15, 0.2) is 24.4 Å². The third-order valence-electron chi connectivity index (χ3n) is 3.66. The average molecular weight is 356 g/mol. The van der Waals surface area contributed by atoms with Crippen LogP contribution in [-0.2, 0) is 12.6 Å². The number of aromatic nitrogens is 1. The molecule has 23 heavy (non-hydrogen) atoms. The monoisotopic (exact) mass is 355 g/mol. The molecule has 0 amide bonds. The summed E-state index contributed by atoms with van der Waals surface area (Å²) in [5, 5.41) is 9.46. The summed E-state index contributed by atoms with van der Waals surface area (Å²) in [6.45, 7) is 0. The molecule has 1 atom stereocenters. The number of hydrogen-bond acceptors (Lipinski definition) is 1.